The Morgan fingerprint density at radius 1 is 1.27 bits per heavy atom. The third-order valence-electron chi connectivity index (χ3n) is 3.51. The highest BCUT2D eigenvalue weighted by molar-refractivity contribution is 7.19. The molecule has 22 heavy (non-hydrogen) atoms. The number of carbonyl (C=O) groups is 1. The molecule has 0 atom stereocenters. The molecule has 0 aliphatic heterocycles. The normalized spacial score (nSPS) is 10.9. The number of imidazole rings is 1. The maximum absolute atomic E-state index is 11.8. The van der Waals surface area contributed by atoms with E-state index in [1.165, 1.54) is 18.4 Å². The topological polar surface area (TPSA) is 52.8 Å². The average molecular weight is 316 g/mol. The molecule has 3 aromatic rings. The summed E-state index contributed by atoms with van der Waals surface area (Å²) >= 11 is 1.36. The summed E-state index contributed by atoms with van der Waals surface area (Å²) in [5.74, 6) is 0.505. The van der Waals surface area contributed by atoms with E-state index in [4.69, 9.17) is 9.47 Å². The van der Waals surface area contributed by atoms with Gasteiger partial charge in [0.1, 0.15) is 10.6 Å². The number of aryl methyl sites for hydroxylation is 1. The second kappa shape index (κ2) is 5.81. The summed E-state index contributed by atoms with van der Waals surface area (Å²) in [6, 6.07) is 7.75. The number of benzene rings is 1. The molecule has 3 rings (SSSR count). The van der Waals surface area contributed by atoms with Crippen molar-refractivity contribution in [2.45, 2.75) is 13.3 Å². The van der Waals surface area contributed by atoms with Crippen molar-refractivity contribution < 1.29 is 14.3 Å². The summed E-state index contributed by atoms with van der Waals surface area (Å²) in [7, 11) is 3.04. The van der Waals surface area contributed by atoms with Gasteiger partial charge in [-0.3, -0.25) is 4.40 Å². The second-order valence-corrected chi connectivity index (χ2v) is 5.71. The molecule has 0 fully saturated rings. The van der Waals surface area contributed by atoms with Crippen LogP contribution in [-0.2, 0) is 11.2 Å². The SMILES string of the molecule is CCc1c(C(=O)OC)sc2nc(-c3ccc(OC)cc3)cn12. The lowest BCUT2D eigenvalue weighted by molar-refractivity contribution is 0.0604. The molecule has 0 saturated heterocycles. The molecular formula is C16H16N2O3S. The van der Waals surface area contributed by atoms with Crippen molar-refractivity contribution in [3.63, 3.8) is 0 Å². The van der Waals surface area contributed by atoms with Crippen LogP contribution in [0.2, 0.25) is 0 Å². The van der Waals surface area contributed by atoms with Crippen LogP contribution in [0.1, 0.15) is 22.3 Å². The fourth-order valence-corrected chi connectivity index (χ4v) is 3.49. The van der Waals surface area contributed by atoms with Crippen molar-refractivity contribution in [3.8, 4) is 17.0 Å². The molecule has 0 N–H and O–H groups in total. The molecule has 114 valence electrons. The van der Waals surface area contributed by atoms with Gasteiger partial charge in [0.05, 0.1) is 19.9 Å². The van der Waals surface area contributed by atoms with Gasteiger partial charge in [-0.25, -0.2) is 9.78 Å². The van der Waals surface area contributed by atoms with Crippen LogP contribution in [0.25, 0.3) is 16.2 Å². The summed E-state index contributed by atoms with van der Waals surface area (Å²) in [6.07, 6.45) is 2.70. The Balaban J connectivity index is 2.06. The number of nitrogens with zero attached hydrogens (tertiary/aromatic N) is 2. The maximum Gasteiger partial charge on any atom is 0.349 e. The van der Waals surface area contributed by atoms with Crippen molar-refractivity contribution in [1.29, 1.82) is 0 Å². The molecule has 0 bridgehead atoms. The van der Waals surface area contributed by atoms with Gasteiger partial charge in [0.25, 0.3) is 0 Å². The number of carbonyl (C=O) groups excluding carboxylic acids is 1. The van der Waals surface area contributed by atoms with E-state index in [9.17, 15) is 4.79 Å². The zero-order valence-electron chi connectivity index (χ0n) is 12.6. The molecular weight excluding hydrogens is 300 g/mol. The lowest BCUT2D eigenvalue weighted by atomic mass is 10.1. The van der Waals surface area contributed by atoms with Crippen LogP contribution in [0.15, 0.2) is 30.5 Å². The number of rotatable bonds is 4. The minimum atomic E-state index is -0.307. The molecule has 5 nitrogen and oxygen atoms in total. The van der Waals surface area contributed by atoms with Gasteiger partial charge >= 0.3 is 5.97 Å². The zero-order valence-corrected chi connectivity index (χ0v) is 13.4. The minimum Gasteiger partial charge on any atom is -0.497 e. The lowest BCUT2D eigenvalue weighted by Crippen LogP contribution is -2.03. The molecule has 2 aromatic heterocycles. The largest absolute Gasteiger partial charge is 0.497 e. The first-order valence-electron chi connectivity index (χ1n) is 6.91. The third kappa shape index (κ3) is 2.35. The van der Waals surface area contributed by atoms with Crippen LogP contribution in [0.4, 0.5) is 0 Å². The van der Waals surface area contributed by atoms with E-state index >= 15 is 0 Å². The van der Waals surface area contributed by atoms with E-state index in [2.05, 4.69) is 4.98 Å². The summed E-state index contributed by atoms with van der Waals surface area (Å²) in [4.78, 5) is 17.9. The molecule has 0 radical (unpaired) electrons. The Labute approximate surface area is 132 Å². The van der Waals surface area contributed by atoms with Crippen molar-refractivity contribution in [3.05, 3.63) is 41.0 Å². The van der Waals surface area contributed by atoms with Gasteiger partial charge < -0.3 is 9.47 Å². The fraction of sp³-hybridized carbons (Fsp3) is 0.250. The Morgan fingerprint density at radius 2 is 2.00 bits per heavy atom. The van der Waals surface area contributed by atoms with E-state index in [-0.39, 0.29) is 5.97 Å². The molecule has 0 saturated carbocycles. The number of ether oxygens (including phenoxy) is 2. The highest BCUT2D eigenvalue weighted by Crippen LogP contribution is 2.29. The second-order valence-electron chi connectivity index (χ2n) is 4.73. The molecule has 0 aliphatic rings. The highest BCUT2D eigenvalue weighted by Gasteiger charge is 2.20. The van der Waals surface area contributed by atoms with Crippen molar-refractivity contribution in [1.82, 2.24) is 9.38 Å². The van der Waals surface area contributed by atoms with Gasteiger partial charge in [0.2, 0.25) is 0 Å². The molecule has 6 heteroatoms. The van der Waals surface area contributed by atoms with Crippen LogP contribution in [0, 0.1) is 0 Å². The summed E-state index contributed by atoms with van der Waals surface area (Å²) in [6.45, 7) is 2.01. The monoisotopic (exact) mass is 316 g/mol. The van der Waals surface area contributed by atoms with Gasteiger partial charge in [-0.05, 0) is 30.7 Å². The quantitative estimate of drug-likeness (QED) is 0.692. The summed E-state index contributed by atoms with van der Waals surface area (Å²) < 4.78 is 12.0. The maximum atomic E-state index is 11.8. The predicted molar refractivity (Wildman–Crippen MR) is 85.8 cm³/mol. The smallest absolute Gasteiger partial charge is 0.349 e. The van der Waals surface area contributed by atoms with Crippen LogP contribution in [0.5, 0.6) is 5.75 Å². The number of thiazole rings is 1. The van der Waals surface area contributed by atoms with Crippen molar-refractivity contribution in [2.24, 2.45) is 0 Å². The van der Waals surface area contributed by atoms with E-state index in [1.807, 2.05) is 41.8 Å². The number of hydrogen-bond donors (Lipinski definition) is 0. The van der Waals surface area contributed by atoms with Crippen molar-refractivity contribution in [2.75, 3.05) is 14.2 Å². The van der Waals surface area contributed by atoms with Gasteiger partial charge in [-0.1, -0.05) is 18.3 Å². The number of hydrogen-bond acceptors (Lipinski definition) is 5. The number of methoxy groups -OCH3 is 2. The van der Waals surface area contributed by atoms with Crippen LogP contribution >= 0.6 is 11.3 Å². The Morgan fingerprint density at radius 3 is 2.59 bits per heavy atom. The van der Waals surface area contributed by atoms with E-state index in [1.54, 1.807) is 7.11 Å². The standard InChI is InChI=1S/C16H16N2O3S/c1-4-13-14(15(19)21-3)22-16-17-12(9-18(13)16)10-5-7-11(20-2)8-6-10/h5-9H,4H2,1-3H3. The highest BCUT2D eigenvalue weighted by atomic mass is 32.1. The molecule has 0 aliphatic carbocycles. The van der Waals surface area contributed by atoms with Crippen LogP contribution in [-0.4, -0.2) is 29.6 Å². The first-order valence-corrected chi connectivity index (χ1v) is 7.73. The lowest BCUT2D eigenvalue weighted by Gasteiger charge is -2.01. The minimum absolute atomic E-state index is 0.307. The van der Waals surface area contributed by atoms with Gasteiger partial charge in [0.15, 0.2) is 4.96 Å². The molecule has 0 unspecified atom stereocenters. The zero-order chi connectivity index (χ0) is 15.7. The molecule has 0 spiro atoms. The van der Waals surface area contributed by atoms with E-state index in [0.29, 0.717) is 4.88 Å². The Bertz CT molecular complexity index is 818. The average Bonchev–Trinajstić information content (AvgIpc) is 3.11. The molecule has 2 heterocycles. The first-order chi connectivity index (χ1) is 10.7. The summed E-state index contributed by atoms with van der Waals surface area (Å²) in [5.41, 5.74) is 2.82. The van der Waals surface area contributed by atoms with Crippen LogP contribution in [0.3, 0.4) is 0 Å². The summed E-state index contributed by atoms with van der Waals surface area (Å²) in [5, 5.41) is 0. The third-order valence-corrected chi connectivity index (χ3v) is 4.59. The van der Waals surface area contributed by atoms with Crippen LogP contribution < -0.4 is 4.74 Å². The molecule has 1 aromatic carbocycles. The fourth-order valence-electron chi connectivity index (χ4n) is 2.37. The predicted octanol–water partition coefficient (Wildman–Crippen LogP) is 3.42. The van der Waals surface area contributed by atoms with Crippen molar-refractivity contribution >= 4 is 22.3 Å². The first kappa shape index (κ1) is 14.6. The van der Waals surface area contributed by atoms with Gasteiger partial charge in [0, 0.05) is 17.5 Å². The number of fused-ring (bicyclic) bond motifs is 1. The van der Waals surface area contributed by atoms with Gasteiger partial charge in [-0.2, -0.15) is 0 Å². The Kier molecular flexibility index (Phi) is 3.85. The molecule has 0 amide bonds. The van der Waals surface area contributed by atoms with E-state index in [0.717, 1.165) is 34.1 Å². The number of aromatic nitrogens is 2. The van der Waals surface area contributed by atoms with Gasteiger partial charge in [-0.15, -0.1) is 0 Å². The Hall–Kier alpha value is -2.34. The van der Waals surface area contributed by atoms with E-state index < -0.39 is 0 Å². The number of esters is 1.